The van der Waals surface area contributed by atoms with Crippen LogP contribution in [0.5, 0.6) is 0 Å². The lowest BCUT2D eigenvalue weighted by atomic mass is 9.95. The fraction of sp³-hybridized carbons (Fsp3) is 0.700. The molecular formula is C10H17NO3. The molecule has 80 valence electrons. The van der Waals surface area contributed by atoms with Gasteiger partial charge in [-0.1, -0.05) is 6.08 Å². The number of esters is 1. The number of piperidine rings is 1. The van der Waals surface area contributed by atoms with Gasteiger partial charge in [0.15, 0.2) is 0 Å². The molecule has 0 bridgehead atoms. The van der Waals surface area contributed by atoms with Crippen LogP contribution >= 0.6 is 0 Å². The second-order valence-electron chi connectivity index (χ2n) is 3.53. The van der Waals surface area contributed by atoms with Crippen LogP contribution in [-0.4, -0.2) is 48.8 Å². The minimum absolute atomic E-state index is 0.328. The molecule has 0 radical (unpaired) electrons. The minimum atomic E-state index is -0.566. The predicted molar refractivity (Wildman–Crippen MR) is 52.8 cm³/mol. The number of nitrogens with zero attached hydrogens (tertiary/aromatic N) is 1. The molecule has 1 saturated heterocycles. The van der Waals surface area contributed by atoms with Crippen molar-refractivity contribution in [2.75, 3.05) is 26.7 Å². The van der Waals surface area contributed by atoms with Crippen molar-refractivity contribution in [1.29, 1.82) is 0 Å². The zero-order valence-corrected chi connectivity index (χ0v) is 8.48. The smallest absolute Gasteiger partial charge is 0.312 e. The van der Waals surface area contributed by atoms with Gasteiger partial charge in [-0.3, -0.25) is 9.69 Å². The summed E-state index contributed by atoms with van der Waals surface area (Å²) < 4.78 is 4.64. The van der Waals surface area contributed by atoms with Gasteiger partial charge in [0.1, 0.15) is 0 Å². The van der Waals surface area contributed by atoms with Gasteiger partial charge in [-0.15, -0.1) is 6.58 Å². The van der Waals surface area contributed by atoms with Gasteiger partial charge < -0.3 is 9.84 Å². The molecule has 0 unspecified atom stereocenters. The standard InChI is InChI=1S/C10H17NO3/c1-3-5-11-6-4-9(12)8(7-11)10(13)14-2/h3,8-9,12H,1,4-7H2,2H3/t8-,9+/m0/s1. The molecule has 1 aliphatic rings. The number of hydrogen-bond acceptors (Lipinski definition) is 4. The first-order valence-corrected chi connectivity index (χ1v) is 4.78. The average molecular weight is 199 g/mol. The summed E-state index contributed by atoms with van der Waals surface area (Å²) in [7, 11) is 1.35. The molecule has 0 aromatic heterocycles. The van der Waals surface area contributed by atoms with E-state index < -0.39 is 12.0 Å². The second kappa shape index (κ2) is 5.12. The van der Waals surface area contributed by atoms with Crippen LogP contribution in [0.15, 0.2) is 12.7 Å². The molecule has 1 fully saturated rings. The Balaban J connectivity index is 2.54. The van der Waals surface area contributed by atoms with E-state index >= 15 is 0 Å². The maximum absolute atomic E-state index is 11.3. The Kier molecular flexibility index (Phi) is 4.10. The number of ether oxygens (including phenoxy) is 1. The predicted octanol–water partition coefficient (Wildman–Crippen LogP) is 0.0282. The first kappa shape index (κ1) is 11.2. The van der Waals surface area contributed by atoms with Gasteiger partial charge in [0.25, 0.3) is 0 Å². The van der Waals surface area contributed by atoms with Gasteiger partial charge >= 0.3 is 5.97 Å². The third kappa shape index (κ3) is 2.56. The Morgan fingerprint density at radius 2 is 2.50 bits per heavy atom. The molecule has 2 atom stereocenters. The molecule has 0 saturated carbocycles. The molecule has 0 amide bonds. The lowest BCUT2D eigenvalue weighted by Gasteiger charge is -2.33. The van der Waals surface area contributed by atoms with Crippen LogP contribution in [0.1, 0.15) is 6.42 Å². The van der Waals surface area contributed by atoms with Crippen molar-refractivity contribution in [3.8, 4) is 0 Å². The van der Waals surface area contributed by atoms with Gasteiger partial charge in [0, 0.05) is 19.6 Å². The van der Waals surface area contributed by atoms with Crippen LogP contribution in [0.4, 0.5) is 0 Å². The Bertz CT molecular complexity index is 217. The van der Waals surface area contributed by atoms with E-state index in [0.717, 1.165) is 13.1 Å². The van der Waals surface area contributed by atoms with E-state index in [1.807, 2.05) is 0 Å². The lowest BCUT2D eigenvalue weighted by molar-refractivity contribution is -0.152. The second-order valence-corrected chi connectivity index (χ2v) is 3.53. The molecule has 1 heterocycles. The fourth-order valence-electron chi connectivity index (χ4n) is 1.74. The average Bonchev–Trinajstić information content (AvgIpc) is 2.20. The molecule has 4 heteroatoms. The lowest BCUT2D eigenvalue weighted by Crippen LogP contribution is -2.46. The van der Waals surface area contributed by atoms with Crippen LogP contribution in [0, 0.1) is 5.92 Å². The third-order valence-corrected chi connectivity index (χ3v) is 2.55. The van der Waals surface area contributed by atoms with E-state index in [-0.39, 0.29) is 5.97 Å². The number of carbonyl (C=O) groups is 1. The number of rotatable bonds is 3. The first-order valence-electron chi connectivity index (χ1n) is 4.78. The third-order valence-electron chi connectivity index (χ3n) is 2.55. The Morgan fingerprint density at radius 3 is 3.07 bits per heavy atom. The SMILES string of the molecule is C=CCN1CC[C@@H](O)[C@@H](C(=O)OC)C1. The largest absolute Gasteiger partial charge is 0.469 e. The maximum atomic E-state index is 11.3. The molecule has 4 nitrogen and oxygen atoms in total. The molecule has 1 N–H and O–H groups in total. The monoisotopic (exact) mass is 199 g/mol. The summed E-state index contributed by atoms with van der Waals surface area (Å²) in [5.74, 6) is -0.736. The van der Waals surface area contributed by atoms with Gasteiger partial charge in [-0.2, -0.15) is 0 Å². The normalized spacial score (nSPS) is 28.4. The summed E-state index contributed by atoms with van der Waals surface area (Å²) in [4.78, 5) is 13.4. The van der Waals surface area contributed by atoms with Crippen molar-refractivity contribution in [1.82, 2.24) is 4.90 Å². The molecular weight excluding hydrogens is 182 g/mol. The molecule has 0 aromatic rings. The van der Waals surface area contributed by atoms with E-state index in [1.165, 1.54) is 7.11 Å². The summed E-state index contributed by atoms with van der Waals surface area (Å²) in [6, 6.07) is 0. The molecule has 14 heavy (non-hydrogen) atoms. The zero-order valence-electron chi connectivity index (χ0n) is 8.48. The number of aliphatic hydroxyl groups is 1. The zero-order chi connectivity index (χ0) is 10.6. The molecule has 0 aliphatic carbocycles. The van der Waals surface area contributed by atoms with Crippen molar-refractivity contribution < 1.29 is 14.6 Å². The van der Waals surface area contributed by atoms with Gasteiger partial charge in [0.2, 0.25) is 0 Å². The van der Waals surface area contributed by atoms with Gasteiger partial charge in [0.05, 0.1) is 19.1 Å². The van der Waals surface area contributed by atoms with Crippen molar-refractivity contribution in [3.05, 3.63) is 12.7 Å². The fourth-order valence-corrected chi connectivity index (χ4v) is 1.74. The first-order chi connectivity index (χ1) is 6.69. The van der Waals surface area contributed by atoms with E-state index in [0.29, 0.717) is 13.0 Å². The van der Waals surface area contributed by atoms with Crippen LogP contribution in [0.2, 0.25) is 0 Å². The van der Waals surface area contributed by atoms with E-state index in [9.17, 15) is 9.90 Å². The molecule has 1 aliphatic heterocycles. The molecule has 0 aromatic carbocycles. The van der Waals surface area contributed by atoms with E-state index in [4.69, 9.17) is 0 Å². The number of aliphatic hydroxyl groups excluding tert-OH is 1. The highest BCUT2D eigenvalue weighted by molar-refractivity contribution is 5.73. The Morgan fingerprint density at radius 1 is 1.79 bits per heavy atom. The Labute approximate surface area is 84.2 Å². The van der Waals surface area contributed by atoms with Crippen LogP contribution in [-0.2, 0) is 9.53 Å². The summed E-state index contributed by atoms with van der Waals surface area (Å²) in [6.07, 6.45) is 1.85. The Hall–Kier alpha value is -0.870. The topological polar surface area (TPSA) is 49.8 Å². The highest BCUT2D eigenvalue weighted by Gasteiger charge is 2.33. The van der Waals surface area contributed by atoms with Crippen LogP contribution in [0.25, 0.3) is 0 Å². The van der Waals surface area contributed by atoms with Crippen molar-refractivity contribution in [3.63, 3.8) is 0 Å². The van der Waals surface area contributed by atoms with Gasteiger partial charge in [-0.05, 0) is 6.42 Å². The summed E-state index contributed by atoms with van der Waals surface area (Å²) in [5, 5.41) is 9.60. The quantitative estimate of drug-likeness (QED) is 0.514. The maximum Gasteiger partial charge on any atom is 0.312 e. The number of hydrogen-bond donors (Lipinski definition) is 1. The minimum Gasteiger partial charge on any atom is -0.469 e. The van der Waals surface area contributed by atoms with E-state index in [1.54, 1.807) is 6.08 Å². The summed E-state index contributed by atoms with van der Waals surface area (Å²) >= 11 is 0. The summed E-state index contributed by atoms with van der Waals surface area (Å²) in [5.41, 5.74) is 0. The number of carbonyl (C=O) groups excluding carboxylic acids is 1. The molecule has 0 spiro atoms. The highest BCUT2D eigenvalue weighted by Crippen LogP contribution is 2.18. The van der Waals surface area contributed by atoms with Gasteiger partial charge in [-0.25, -0.2) is 0 Å². The number of methoxy groups -OCH3 is 1. The highest BCUT2D eigenvalue weighted by atomic mass is 16.5. The van der Waals surface area contributed by atoms with Crippen molar-refractivity contribution >= 4 is 5.97 Å². The summed E-state index contributed by atoms with van der Waals surface area (Å²) in [6.45, 7) is 5.76. The van der Waals surface area contributed by atoms with E-state index in [2.05, 4.69) is 16.2 Å². The van der Waals surface area contributed by atoms with Crippen LogP contribution < -0.4 is 0 Å². The van der Waals surface area contributed by atoms with Crippen molar-refractivity contribution in [2.24, 2.45) is 5.92 Å². The number of likely N-dealkylation sites (tertiary alicyclic amines) is 1. The molecule has 1 rings (SSSR count). The van der Waals surface area contributed by atoms with Crippen LogP contribution in [0.3, 0.4) is 0 Å². The van der Waals surface area contributed by atoms with Crippen molar-refractivity contribution in [2.45, 2.75) is 12.5 Å².